The van der Waals surface area contributed by atoms with Crippen LogP contribution in [-0.2, 0) is 11.3 Å². The van der Waals surface area contributed by atoms with Gasteiger partial charge in [-0.25, -0.2) is 4.39 Å². The highest BCUT2D eigenvalue weighted by molar-refractivity contribution is 5.30. The van der Waals surface area contributed by atoms with Crippen LogP contribution in [0.2, 0.25) is 0 Å². The third-order valence-corrected chi connectivity index (χ3v) is 2.93. The Hall–Kier alpha value is -1.17. The summed E-state index contributed by atoms with van der Waals surface area (Å²) in [6, 6.07) is 5.00. The number of methoxy groups -OCH3 is 2. The minimum Gasteiger partial charge on any atom is -0.494 e. The Morgan fingerprint density at radius 3 is 2.74 bits per heavy atom. The number of aliphatic hydroxyl groups is 1. The minimum atomic E-state index is -0.870. The summed E-state index contributed by atoms with van der Waals surface area (Å²) in [6.07, 6.45) is 0.525. The van der Waals surface area contributed by atoms with Crippen molar-refractivity contribution in [1.82, 2.24) is 5.32 Å². The van der Waals surface area contributed by atoms with Crippen molar-refractivity contribution in [2.45, 2.75) is 25.5 Å². The van der Waals surface area contributed by atoms with Gasteiger partial charge in [-0.05, 0) is 13.0 Å². The smallest absolute Gasteiger partial charge is 0.169 e. The molecule has 2 N–H and O–H groups in total. The molecule has 0 spiro atoms. The van der Waals surface area contributed by atoms with Crippen LogP contribution in [0.25, 0.3) is 0 Å². The molecular formula is C14H22FNO3. The van der Waals surface area contributed by atoms with E-state index in [0.29, 0.717) is 31.7 Å². The maximum absolute atomic E-state index is 13.8. The highest BCUT2D eigenvalue weighted by Gasteiger charge is 2.19. The van der Waals surface area contributed by atoms with Crippen molar-refractivity contribution in [3.05, 3.63) is 29.6 Å². The predicted octanol–water partition coefficient (Wildman–Crippen LogP) is 1.71. The number of nitrogens with one attached hydrogen (secondary N) is 1. The summed E-state index contributed by atoms with van der Waals surface area (Å²) in [5.41, 5.74) is -0.354. The molecule has 4 nitrogen and oxygen atoms in total. The molecule has 1 aromatic rings. The van der Waals surface area contributed by atoms with Crippen LogP contribution in [0.1, 0.15) is 18.9 Å². The number of hydrogen-bond acceptors (Lipinski definition) is 4. The van der Waals surface area contributed by atoms with E-state index >= 15 is 0 Å². The van der Waals surface area contributed by atoms with E-state index in [2.05, 4.69) is 5.32 Å². The molecule has 0 aliphatic heterocycles. The molecule has 1 rings (SSSR count). The molecule has 5 heteroatoms. The first-order valence-corrected chi connectivity index (χ1v) is 6.23. The van der Waals surface area contributed by atoms with Gasteiger partial charge in [0.2, 0.25) is 0 Å². The van der Waals surface area contributed by atoms with Crippen LogP contribution >= 0.6 is 0 Å². The Kier molecular flexibility index (Phi) is 6.21. The molecule has 1 unspecified atom stereocenters. The van der Waals surface area contributed by atoms with Crippen molar-refractivity contribution in [2.75, 3.05) is 27.4 Å². The molecule has 0 aromatic heterocycles. The lowest BCUT2D eigenvalue weighted by molar-refractivity contribution is 0.0247. The summed E-state index contributed by atoms with van der Waals surface area (Å²) in [5, 5.41) is 13.1. The number of halogens is 1. The third kappa shape index (κ3) is 5.14. The molecule has 0 amide bonds. The van der Waals surface area contributed by atoms with Crippen molar-refractivity contribution < 1.29 is 19.0 Å². The first-order chi connectivity index (χ1) is 9.00. The number of ether oxygens (including phenoxy) is 2. The van der Waals surface area contributed by atoms with Gasteiger partial charge in [0.05, 0.1) is 12.7 Å². The van der Waals surface area contributed by atoms with Crippen LogP contribution in [0, 0.1) is 5.82 Å². The summed E-state index contributed by atoms with van der Waals surface area (Å²) in [7, 11) is 3.03. The topological polar surface area (TPSA) is 50.7 Å². The largest absolute Gasteiger partial charge is 0.494 e. The zero-order valence-corrected chi connectivity index (χ0v) is 11.7. The van der Waals surface area contributed by atoms with Gasteiger partial charge in [0.1, 0.15) is 0 Å². The van der Waals surface area contributed by atoms with Gasteiger partial charge in [-0.3, -0.25) is 0 Å². The maximum Gasteiger partial charge on any atom is 0.169 e. The van der Waals surface area contributed by atoms with Crippen molar-refractivity contribution in [1.29, 1.82) is 0 Å². The summed E-state index contributed by atoms with van der Waals surface area (Å²) < 4.78 is 23.7. The van der Waals surface area contributed by atoms with Crippen molar-refractivity contribution in [3.8, 4) is 5.75 Å². The Morgan fingerprint density at radius 2 is 2.11 bits per heavy atom. The molecule has 0 bridgehead atoms. The number of rotatable bonds is 8. The lowest BCUT2D eigenvalue weighted by Crippen LogP contribution is -2.38. The summed E-state index contributed by atoms with van der Waals surface area (Å²) in [6.45, 7) is 2.92. The van der Waals surface area contributed by atoms with E-state index in [9.17, 15) is 9.50 Å². The van der Waals surface area contributed by atoms with Crippen LogP contribution in [0.5, 0.6) is 5.75 Å². The van der Waals surface area contributed by atoms with E-state index in [-0.39, 0.29) is 11.6 Å². The van der Waals surface area contributed by atoms with Gasteiger partial charge < -0.3 is 19.9 Å². The molecule has 0 aliphatic carbocycles. The number of benzene rings is 1. The molecule has 19 heavy (non-hydrogen) atoms. The molecule has 0 saturated heterocycles. The molecule has 0 heterocycles. The van der Waals surface area contributed by atoms with E-state index in [1.165, 1.54) is 7.11 Å². The Bertz CT molecular complexity index is 396. The molecule has 0 fully saturated rings. The van der Waals surface area contributed by atoms with Crippen LogP contribution in [0.3, 0.4) is 0 Å². The standard InChI is InChI=1S/C14H22FNO3/c1-14(17,7-8-18-2)10-16-9-11-5-4-6-12(19-3)13(11)15/h4-6,16-17H,7-10H2,1-3H3. The molecule has 0 aliphatic rings. The number of hydrogen-bond donors (Lipinski definition) is 2. The SMILES string of the molecule is COCCC(C)(O)CNCc1cccc(OC)c1F. The molecular weight excluding hydrogens is 249 g/mol. The van der Waals surface area contributed by atoms with Gasteiger partial charge in [0, 0.05) is 38.8 Å². The lowest BCUT2D eigenvalue weighted by atomic mass is 10.0. The minimum absolute atomic E-state index is 0.227. The van der Waals surface area contributed by atoms with E-state index < -0.39 is 5.60 Å². The monoisotopic (exact) mass is 271 g/mol. The predicted molar refractivity (Wildman–Crippen MR) is 71.8 cm³/mol. The van der Waals surface area contributed by atoms with Crippen LogP contribution in [0.4, 0.5) is 4.39 Å². The Morgan fingerprint density at radius 1 is 1.37 bits per heavy atom. The molecule has 1 atom stereocenters. The second kappa shape index (κ2) is 7.43. The summed E-state index contributed by atoms with van der Waals surface area (Å²) in [4.78, 5) is 0. The molecule has 0 saturated carbocycles. The average Bonchev–Trinajstić information content (AvgIpc) is 2.38. The lowest BCUT2D eigenvalue weighted by Gasteiger charge is -2.23. The summed E-state index contributed by atoms with van der Waals surface area (Å²) >= 11 is 0. The van der Waals surface area contributed by atoms with E-state index in [4.69, 9.17) is 9.47 Å². The molecule has 1 aromatic carbocycles. The van der Waals surface area contributed by atoms with Crippen molar-refractivity contribution in [2.24, 2.45) is 0 Å². The Labute approximate surface area is 113 Å². The van der Waals surface area contributed by atoms with Crippen molar-refractivity contribution >= 4 is 0 Å². The Balaban J connectivity index is 2.49. The normalized spacial score (nSPS) is 14.2. The van der Waals surface area contributed by atoms with E-state index in [1.54, 1.807) is 32.2 Å². The molecule has 108 valence electrons. The van der Waals surface area contributed by atoms with Gasteiger partial charge in [0.15, 0.2) is 11.6 Å². The fourth-order valence-corrected chi connectivity index (χ4v) is 1.73. The van der Waals surface area contributed by atoms with Gasteiger partial charge >= 0.3 is 0 Å². The highest BCUT2D eigenvalue weighted by atomic mass is 19.1. The summed E-state index contributed by atoms with van der Waals surface area (Å²) in [5.74, 6) is -0.139. The van der Waals surface area contributed by atoms with Gasteiger partial charge in [-0.2, -0.15) is 0 Å². The van der Waals surface area contributed by atoms with Crippen LogP contribution < -0.4 is 10.1 Å². The van der Waals surface area contributed by atoms with E-state index in [0.717, 1.165) is 0 Å². The molecule has 0 radical (unpaired) electrons. The van der Waals surface area contributed by atoms with Gasteiger partial charge in [-0.1, -0.05) is 12.1 Å². The zero-order chi connectivity index (χ0) is 14.3. The average molecular weight is 271 g/mol. The van der Waals surface area contributed by atoms with Gasteiger partial charge in [-0.15, -0.1) is 0 Å². The van der Waals surface area contributed by atoms with E-state index in [1.807, 2.05) is 0 Å². The fourth-order valence-electron chi connectivity index (χ4n) is 1.73. The second-order valence-electron chi connectivity index (χ2n) is 4.78. The zero-order valence-electron chi connectivity index (χ0n) is 11.7. The second-order valence-corrected chi connectivity index (χ2v) is 4.78. The van der Waals surface area contributed by atoms with Crippen LogP contribution in [-0.4, -0.2) is 38.1 Å². The maximum atomic E-state index is 13.8. The van der Waals surface area contributed by atoms with Crippen molar-refractivity contribution in [3.63, 3.8) is 0 Å². The fraction of sp³-hybridized carbons (Fsp3) is 0.571. The third-order valence-electron chi connectivity index (χ3n) is 2.93. The first kappa shape index (κ1) is 15.9. The van der Waals surface area contributed by atoms with Gasteiger partial charge in [0.25, 0.3) is 0 Å². The van der Waals surface area contributed by atoms with Crippen LogP contribution in [0.15, 0.2) is 18.2 Å². The quantitative estimate of drug-likeness (QED) is 0.756. The highest BCUT2D eigenvalue weighted by Crippen LogP contribution is 2.19. The first-order valence-electron chi connectivity index (χ1n) is 6.23.